The Labute approximate surface area is 184 Å². The lowest BCUT2D eigenvalue weighted by Crippen LogP contribution is -2.44. The predicted octanol–water partition coefficient (Wildman–Crippen LogP) is 1.09. The number of rotatable bonds is 6. The van der Waals surface area contributed by atoms with Gasteiger partial charge in [-0.25, -0.2) is 8.42 Å². The summed E-state index contributed by atoms with van der Waals surface area (Å²) in [4.78, 5) is 27.8. The van der Waals surface area contributed by atoms with Crippen molar-refractivity contribution < 1.29 is 22.7 Å². The number of carbonyl (C=O) groups excluding carboxylic acids is 2. The molecule has 3 atom stereocenters. The third-order valence-electron chi connectivity index (χ3n) is 7.13. The fourth-order valence-electron chi connectivity index (χ4n) is 5.22. The minimum atomic E-state index is -3.83. The highest BCUT2D eigenvalue weighted by Gasteiger charge is 2.66. The Balaban J connectivity index is 1.50. The van der Waals surface area contributed by atoms with Crippen molar-refractivity contribution >= 4 is 21.8 Å². The molecule has 2 amide bonds. The number of nitrogens with zero attached hydrogens (tertiary/aromatic N) is 2. The van der Waals surface area contributed by atoms with Crippen LogP contribution in [0.1, 0.15) is 25.7 Å². The molecule has 8 nitrogen and oxygen atoms in total. The van der Waals surface area contributed by atoms with Gasteiger partial charge in [0.1, 0.15) is 6.04 Å². The van der Waals surface area contributed by atoms with E-state index in [0.29, 0.717) is 31.8 Å². The van der Waals surface area contributed by atoms with Gasteiger partial charge >= 0.3 is 0 Å². The number of methoxy groups -OCH3 is 1. The van der Waals surface area contributed by atoms with E-state index in [1.807, 2.05) is 4.90 Å². The fourth-order valence-corrected chi connectivity index (χ4v) is 6.92. The number of amides is 2. The highest BCUT2D eigenvalue weighted by Crippen LogP contribution is 2.61. The van der Waals surface area contributed by atoms with Crippen molar-refractivity contribution in [3.8, 4) is 0 Å². The van der Waals surface area contributed by atoms with Crippen LogP contribution in [0.3, 0.4) is 0 Å². The molecule has 2 heterocycles. The molecule has 9 heteroatoms. The molecule has 0 aromatic heterocycles. The summed E-state index contributed by atoms with van der Waals surface area (Å²) in [5.41, 5.74) is -0.445. The van der Waals surface area contributed by atoms with Gasteiger partial charge in [0.25, 0.3) is 0 Å². The van der Waals surface area contributed by atoms with Crippen molar-refractivity contribution in [2.45, 2.75) is 36.6 Å². The van der Waals surface area contributed by atoms with Gasteiger partial charge in [0.15, 0.2) is 0 Å². The zero-order valence-electron chi connectivity index (χ0n) is 18.1. The number of piperidine rings is 1. The first-order valence-corrected chi connectivity index (χ1v) is 12.3. The molecule has 0 radical (unpaired) electrons. The van der Waals surface area contributed by atoms with Crippen LogP contribution in [-0.2, 0) is 24.3 Å². The Kier molecular flexibility index (Phi) is 6.11. The Bertz CT molecular complexity index is 930. The average molecular weight is 450 g/mol. The minimum Gasteiger partial charge on any atom is -0.384 e. The number of nitrogens with one attached hydrogen (secondary N) is 1. The minimum absolute atomic E-state index is 0.102. The highest BCUT2D eigenvalue weighted by molar-refractivity contribution is 7.89. The lowest BCUT2D eigenvalue weighted by atomic mass is 9.95. The summed E-state index contributed by atoms with van der Waals surface area (Å²) in [5, 5.41) is 2.60. The van der Waals surface area contributed by atoms with E-state index < -0.39 is 21.5 Å². The number of ether oxygens (including phenoxy) is 1. The van der Waals surface area contributed by atoms with Gasteiger partial charge in [-0.15, -0.1) is 0 Å². The fraction of sp³-hybridized carbons (Fsp3) is 0.636. The summed E-state index contributed by atoms with van der Waals surface area (Å²) >= 11 is 0. The molecule has 3 aliphatic rings. The van der Waals surface area contributed by atoms with Crippen LogP contribution in [0.15, 0.2) is 35.2 Å². The number of likely N-dealkylation sites (N-methyl/N-ethyl adjacent to an activating group) is 1. The van der Waals surface area contributed by atoms with Crippen LogP contribution in [-0.4, -0.2) is 75.9 Å². The van der Waals surface area contributed by atoms with E-state index in [0.717, 1.165) is 19.4 Å². The second-order valence-electron chi connectivity index (χ2n) is 9.04. The molecule has 4 rings (SSSR count). The topological polar surface area (TPSA) is 96.0 Å². The number of benzene rings is 1. The summed E-state index contributed by atoms with van der Waals surface area (Å²) in [5.74, 6) is 0.0489. The number of hydrogen-bond acceptors (Lipinski definition) is 5. The van der Waals surface area contributed by atoms with Crippen molar-refractivity contribution in [3.63, 3.8) is 0 Å². The zero-order valence-corrected chi connectivity index (χ0v) is 18.9. The quantitative estimate of drug-likeness (QED) is 0.701. The van der Waals surface area contributed by atoms with Crippen molar-refractivity contribution in [2.75, 3.05) is 40.4 Å². The monoisotopic (exact) mass is 449 g/mol. The molecule has 170 valence electrons. The smallest absolute Gasteiger partial charge is 0.243 e. The molecule has 0 unspecified atom stereocenters. The van der Waals surface area contributed by atoms with E-state index in [1.165, 1.54) is 11.4 Å². The molecule has 1 aromatic carbocycles. The van der Waals surface area contributed by atoms with Gasteiger partial charge < -0.3 is 15.0 Å². The molecule has 3 fully saturated rings. The molecule has 1 aromatic rings. The van der Waals surface area contributed by atoms with E-state index in [4.69, 9.17) is 4.74 Å². The summed E-state index contributed by atoms with van der Waals surface area (Å²) in [6.07, 6.45) is 2.87. The van der Waals surface area contributed by atoms with E-state index in [2.05, 4.69) is 5.32 Å². The molecule has 2 aliphatic heterocycles. The summed E-state index contributed by atoms with van der Waals surface area (Å²) in [7, 11) is -0.616. The maximum absolute atomic E-state index is 13.3. The largest absolute Gasteiger partial charge is 0.384 e. The summed E-state index contributed by atoms with van der Waals surface area (Å²) in [6, 6.07) is 7.39. The van der Waals surface area contributed by atoms with Gasteiger partial charge in [0, 0.05) is 46.3 Å². The lowest BCUT2D eigenvalue weighted by molar-refractivity contribution is -0.135. The molecule has 1 spiro atoms. The zero-order chi connectivity index (χ0) is 22.2. The maximum Gasteiger partial charge on any atom is 0.243 e. The molecule has 0 bridgehead atoms. The standard InChI is InChI=1S/C22H31N3O5S/c1-23-20(26)19-13-22(15-25(19)31(28,29)17-6-4-3-5-7-17)12-18(22)21(27)24-10-8-16(9-11-24)14-30-2/h3-7,16,18-19H,8-15H2,1-2H3,(H,23,26)/t18-,19+,22+/m1/s1. The predicted molar refractivity (Wildman–Crippen MR) is 115 cm³/mol. The lowest BCUT2D eigenvalue weighted by Gasteiger charge is -2.32. The second kappa shape index (κ2) is 8.52. The molecule has 1 saturated carbocycles. The number of likely N-dealkylation sites (tertiary alicyclic amines) is 1. The van der Waals surface area contributed by atoms with Crippen molar-refractivity contribution in [3.05, 3.63) is 30.3 Å². The van der Waals surface area contributed by atoms with Crippen LogP contribution in [0.5, 0.6) is 0 Å². The molecule has 2 saturated heterocycles. The number of carbonyl (C=O) groups is 2. The highest BCUT2D eigenvalue weighted by atomic mass is 32.2. The first-order valence-electron chi connectivity index (χ1n) is 10.9. The maximum atomic E-state index is 13.3. The van der Waals surface area contributed by atoms with Gasteiger partial charge in [-0.2, -0.15) is 4.31 Å². The second-order valence-corrected chi connectivity index (χ2v) is 10.9. The van der Waals surface area contributed by atoms with Gasteiger partial charge in [0.05, 0.1) is 4.90 Å². The molecule has 1 aliphatic carbocycles. The van der Waals surface area contributed by atoms with Crippen LogP contribution in [0.2, 0.25) is 0 Å². The Morgan fingerprint density at radius 1 is 1.16 bits per heavy atom. The van der Waals surface area contributed by atoms with Gasteiger partial charge in [-0.3, -0.25) is 9.59 Å². The van der Waals surface area contributed by atoms with E-state index in [1.54, 1.807) is 37.4 Å². The summed E-state index contributed by atoms with van der Waals surface area (Å²) in [6.45, 7) is 2.35. The van der Waals surface area contributed by atoms with Gasteiger partial charge in [0.2, 0.25) is 21.8 Å². The number of sulfonamides is 1. The first-order chi connectivity index (χ1) is 14.8. The van der Waals surface area contributed by atoms with Gasteiger partial charge in [-0.1, -0.05) is 18.2 Å². The average Bonchev–Trinajstić information content (AvgIpc) is 3.34. The number of hydrogen-bond donors (Lipinski definition) is 1. The van der Waals surface area contributed by atoms with Crippen LogP contribution >= 0.6 is 0 Å². The molecular weight excluding hydrogens is 418 g/mol. The Hall–Kier alpha value is -1.97. The van der Waals surface area contributed by atoms with Crippen LogP contribution in [0, 0.1) is 17.3 Å². The third-order valence-corrected chi connectivity index (χ3v) is 9.00. The Morgan fingerprint density at radius 2 is 1.84 bits per heavy atom. The van der Waals surface area contributed by atoms with E-state index in [9.17, 15) is 18.0 Å². The van der Waals surface area contributed by atoms with Crippen LogP contribution in [0.25, 0.3) is 0 Å². The van der Waals surface area contributed by atoms with Crippen LogP contribution < -0.4 is 5.32 Å². The van der Waals surface area contributed by atoms with Crippen molar-refractivity contribution in [1.29, 1.82) is 0 Å². The summed E-state index contributed by atoms with van der Waals surface area (Å²) < 4.78 is 33.1. The third kappa shape index (κ3) is 4.10. The van der Waals surface area contributed by atoms with E-state index >= 15 is 0 Å². The normalized spacial score (nSPS) is 29.3. The van der Waals surface area contributed by atoms with Crippen LogP contribution in [0.4, 0.5) is 0 Å². The first kappa shape index (κ1) is 22.2. The molecular formula is C22H31N3O5S. The molecule has 31 heavy (non-hydrogen) atoms. The Morgan fingerprint density at radius 3 is 2.45 bits per heavy atom. The van der Waals surface area contributed by atoms with E-state index in [-0.39, 0.29) is 29.2 Å². The van der Waals surface area contributed by atoms with Crippen molar-refractivity contribution in [2.24, 2.45) is 17.3 Å². The molecule has 1 N–H and O–H groups in total. The van der Waals surface area contributed by atoms with Gasteiger partial charge in [-0.05, 0) is 49.1 Å². The SMILES string of the molecule is CNC(=O)[C@@H]1C[C@@]2(C[C@@H]2C(=O)N2CCC(COC)CC2)CN1S(=O)(=O)c1ccccc1. The van der Waals surface area contributed by atoms with Crippen molar-refractivity contribution in [1.82, 2.24) is 14.5 Å².